The molecule has 0 aliphatic carbocycles. The number of Topliss-reactive ketones (excluding diaryl/α,β-unsaturated/α-hetero) is 1. The van der Waals surface area contributed by atoms with Gasteiger partial charge < -0.3 is 4.74 Å². The Morgan fingerprint density at radius 3 is 2.50 bits per heavy atom. The summed E-state index contributed by atoms with van der Waals surface area (Å²) in [5.41, 5.74) is 2.58. The van der Waals surface area contributed by atoms with Gasteiger partial charge in [-0.25, -0.2) is 4.79 Å². The van der Waals surface area contributed by atoms with Crippen LogP contribution in [0.25, 0.3) is 6.08 Å². The molecule has 0 aliphatic rings. The number of benzene rings is 2. The van der Waals surface area contributed by atoms with Crippen LogP contribution in [-0.4, -0.2) is 17.9 Å². The van der Waals surface area contributed by atoms with Gasteiger partial charge in [-0.2, -0.15) is 0 Å². The van der Waals surface area contributed by atoms with E-state index in [1.54, 1.807) is 25.1 Å². The first kappa shape index (κ1) is 18.1. The van der Waals surface area contributed by atoms with Gasteiger partial charge in [0, 0.05) is 16.1 Å². The first-order valence-corrected chi connectivity index (χ1v) is 8.56. The maximum Gasteiger partial charge on any atom is 0.331 e. The van der Waals surface area contributed by atoms with Gasteiger partial charge >= 0.3 is 5.97 Å². The molecule has 0 unspecified atom stereocenters. The van der Waals surface area contributed by atoms with Crippen molar-refractivity contribution in [3.05, 3.63) is 75.8 Å². The largest absolute Gasteiger partial charge is 0.451 e. The fourth-order valence-electron chi connectivity index (χ4n) is 2.18. The van der Waals surface area contributed by atoms with Gasteiger partial charge in [0.1, 0.15) is 0 Å². The monoisotopic (exact) mass is 386 g/mol. The number of hydrogen-bond donors (Lipinski definition) is 0. The smallest absolute Gasteiger partial charge is 0.331 e. The SMILES string of the molecule is CCc1ccc(C(=O)[C@@H](C)OC(=O)/C=C/c2cccc(Br)c2)cc1. The summed E-state index contributed by atoms with van der Waals surface area (Å²) >= 11 is 3.37. The lowest BCUT2D eigenvalue weighted by atomic mass is 10.0. The molecule has 124 valence electrons. The van der Waals surface area contributed by atoms with E-state index in [1.165, 1.54) is 6.08 Å². The summed E-state index contributed by atoms with van der Waals surface area (Å²) in [6.45, 7) is 3.64. The van der Waals surface area contributed by atoms with E-state index in [-0.39, 0.29) is 5.78 Å². The van der Waals surface area contributed by atoms with Crippen molar-refractivity contribution in [1.29, 1.82) is 0 Å². The number of esters is 1. The topological polar surface area (TPSA) is 43.4 Å². The van der Waals surface area contributed by atoms with Crippen molar-refractivity contribution < 1.29 is 14.3 Å². The molecule has 1 atom stereocenters. The Kier molecular flexibility index (Phi) is 6.50. The molecule has 0 heterocycles. The predicted octanol–water partition coefficient (Wildman–Crippen LogP) is 4.84. The van der Waals surface area contributed by atoms with Crippen molar-refractivity contribution in [3.63, 3.8) is 0 Å². The number of aryl methyl sites for hydroxylation is 1. The quantitative estimate of drug-likeness (QED) is 0.405. The molecular formula is C20H19BrO3. The van der Waals surface area contributed by atoms with Gasteiger partial charge in [-0.1, -0.05) is 59.3 Å². The number of halogens is 1. The van der Waals surface area contributed by atoms with Crippen LogP contribution in [0.3, 0.4) is 0 Å². The third-order valence-corrected chi connectivity index (χ3v) is 4.06. The fourth-order valence-corrected chi connectivity index (χ4v) is 2.60. The van der Waals surface area contributed by atoms with Crippen LogP contribution in [0.2, 0.25) is 0 Å². The molecule has 2 rings (SSSR count). The number of carbonyl (C=O) groups excluding carboxylic acids is 2. The normalized spacial score (nSPS) is 12.1. The van der Waals surface area contributed by atoms with Gasteiger partial charge in [0.05, 0.1) is 0 Å². The third kappa shape index (κ3) is 5.17. The highest BCUT2D eigenvalue weighted by Crippen LogP contribution is 2.13. The van der Waals surface area contributed by atoms with Gasteiger partial charge in [0.15, 0.2) is 6.10 Å². The number of carbonyl (C=O) groups is 2. The average Bonchev–Trinajstić information content (AvgIpc) is 2.59. The molecule has 0 amide bonds. The van der Waals surface area contributed by atoms with Crippen LogP contribution in [0.1, 0.15) is 35.3 Å². The molecule has 0 fully saturated rings. The van der Waals surface area contributed by atoms with E-state index in [2.05, 4.69) is 22.9 Å². The van der Waals surface area contributed by atoms with Crippen molar-refractivity contribution >= 4 is 33.8 Å². The molecule has 24 heavy (non-hydrogen) atoms. The highest BCUT2D eigenvalue weighted by atomic mass is 79.9. The summed E-state index contributed by atoms with van der Waals surface area (Å²) in [5, 5.41) is 0. The van der Waals surface area contributed by atoms with Gasteiger partial charge in [-0.05, 0) is 42.7 Å². The molecule has 0 aliphatic heterocycles. The molecule has 3 nitrogen and oxygen atoms in total. The van der Waals surface area contributed by atoms with Crippen molar-refractivity contribution in [2.24, 2.45) is 0 Å². The van der Waals surface area contributed by atoms with E-state index in [0.29, 0.717) is 5.56 Å². The standard InChI is InChI=1S/C20H19BrO3/c1-3-15-7-10-17(11-8-15)20(23)14(2)24-19(22)12-9-16-5-4-6-18(21)13-16/h4-14H,3H2,1-2H3/b12-9+/t14-/m1/s1. The molecule has 2 aromatic carbocycles. The summed E-state index contributed by atoms with van der Waals surface area (Å²) in [6.07, 6.45) is 3.07. The maximum absolute atomic E-state index is 12.3. The first-order valence-electron chi connectivity index (χ1n) is 7.77. The van der Waals surface area contributed by atoms with Crippen molar-refractivity contribution in [2.75, 3.05) is 0 Å². The van der Waals surface area contributed by atoms with E-state index in [0.717, 1.165) is 22.0 Å². The second-order valence-corrected chi connectivity index (χ2v) is 6.30. The van der Waals surface area contributed by atoms with Crippen LogP contribution in [0.15, 0.2) is 59.1 Å². The minimum atomic E-state index is -0.822. The Morgan fingerprint density at radius 2 is 1.88 bits per heavy atom. The van der Waals surface area contributed by atoms with Crippen molar-refractivity contribution in [2.45, 2.75) is 26.4 Å². The molecule has 0 saturated heterocycles. The highest BCUT2D eigenvalue weighted by molar-refractivity contribution is 9.10. The Morgan fingerprint density at radius 1 is 1.17 bits per heavy atom. The minimum absolute atomic E-state index is 0.207. The molecule has 0 bridgehead atoms. The summed E-state index contributed by atoms with van der Waals surface area (Å²) < 4.78 is 6.12. The van der Waals surface area contributed by atoms with Crippen LogP contribution < -0.4 is 0 Å². The van der Waals surface area contributed by atoms with Gasteiger partial charge in [-0.15, -0.1) is 0 Å². The second kappa shape index (κ2) is 8.60. The number of rotatable bonds is 6. The molecule has 0 radical (unpaired) electrons. The van der Waals surface area contributed by atoms with Crippen LogP contribution in [0.4, 0.5) is 0 Å². The summed E-state index contributed by atoms with van der Waals surface area (Å²) in [6, 6.07) is 14.9. The van der Waals surface area contributed by atoms with Crippen molar-refractivity contribution in [1.82, 2.24) is 0 Å². The third-order valence-electron chi connectivity index (χ3n) is 3.57. The van der Waals surface area contributed by atoms with Gasteiger partial charge in [0.2, 0.25) is 5.78 Å². The summed E-state index contributed by atoms with van der Waals surface area (Å²) in [5.74, 6) is -0.747. The average molecular weight is 387 g/mol. The molecule has 0 aromatic heterocycles. The Balaban J connectivity index is 1.96. The molecule has 0 saturated carbocycles. The maximum atomic E-state index is 12.3. The van der Waals surface area contributed by atoms with E-state index < -0.39 is 12.1 Å². The van der Waals surface area contributed by atoms with E-state index in [4.69, 9.17) is 4.74 Å². The zero-order valence-electron chi connectivity index (χ0n) is 13.7. The lowest BCUT2D eigenvalue weighted by Gasteiger charge is -2.11. The second-order valence-electron chi connectivity index (χ2n) is 5.38. The van der Waals surface area contributed by atoms with Gasteiger partial charge in [0.25, 0.3) is 0 Å². The zero-order valence-corrected chi connectivity index (χ0v) is 15.2. The van der Waals surface area contributed by atoms with Crippen LogP contribution in [-0.2, 0) is 16.0 Å². The first-order chi connectivity index (χ1) is 11.5. The highest BCUT2D eigenvalue weighted by Gasteiger charge is 2.18. The molecule has 4 heteroatoms. The number of ether oxygens (including phenoxy) is 1. The number of hydrogen-bond acceptors (Lipinski definition) is 3. The molecule has 2 aromatic rings. The summed E-state index contributed by atoms with van der Waals surface area (Å²) in [4.78, 5) is 24.2. The van der Waals surface area contributed by atoms with E-state index >= 15 is 0 Å². The van der Waals surface area contributed by atoms with Crippen molar-refractivity contribution in [3.8, 4) is 0 Å². The van der Waals surface area contributed by atoms with Crippen LogP contribution in [0.5, 0.6) is 0 Å². The van der Waals surface area contributed by atoms with Gasteiger partial charge in [-0.3, -0.25) is 4.79 Å². The Labute approximate surface area is 150 Å². The molecule has 0 spiro atoms. The minimum Gasteiger partial charge on any atom is -0.451 e. The molecular weight excluding hydrogens is 368 g/mol. The number of ketones is 1. The predicted molar refractivity (Wildman–Crippen MR) is 98.9 cm³/mol. The zero-order chi connectivity index (χ0) is 17.5. The molecule has 0 N–H and O–H groups in total. The van der Waals surface area contributed by atoms with E-state index in [1.807, 2.05) is 36.4 Å². The van der Waals surface area contributed by atoms with Crippen LogP contribution >= 0.6 is 15.9 Å². The fraction of sp³-hybridized carbons (Fsp3) is 0.200. The lowest BCUT2D eigenvalue weighted by molar-refractivity contribution is -0.140. The Bertz CT molecular complexity index is 748. The van der Waals surface area contributed by atoms with Crippen LogP contribution in [0, 0.1) is 0 Å². The van der Waals surface area contributed by atoms with E-state index in [9.17, 15) is 9.59 Å². The Hall–Kier alpha value is -2.20. The summed E-state index contributed by atoms with van der Waals surface area (Å²) in [7, 11) is 0. The lowest BCUT2D eigenvalue weighted by Crippen LogP contribution is -2.23.